The second-order valence-electron chi connectivity index (χ2n) is 4.67. The van der Waals surface area contributed by atoms with Crippen LogP contribution in [0.25, 0.3) is 0 Å². The molecule has 1 N–H and O–H groups in total. The predicted octanol–water partition coefficient (Wildman–Crippen LogP) is 1.08. The Morgan fingerprint density at radius 3 is 2.94 bits per heavy atom. The molecule has 1 aromatic rings. The van der Waals surface area contributed by atoms with Crippen molar-refractivity contribution in [2.24, 2.45) is 0 Å². The maximum Gasteiger partial charge on any atom is 0.257 e. The summed E-state index contributed by atoms with van der Waals surface area (Å²) in [7, 11) is 1.94. The number of hydrogen-bond donors (Lipinski definition) is 1. The van der Waals surface area contributed by atoms with Crippen molar-refractivity contribution in [2.75, 3.05) is 20.1 Å². The first-order chi connectivity index (χ1) is 8.83. The number of likely N-dealkylation sites (tertiary alicyclic amines) is 1. The molecule has 1 aliphatic rings. The minimum absolute atomic E-state index is 0.0661. The zero-order chi connectivity index (χ0) is 12.8. The van der Waals surface area contributed by atoms with E-state index in [-0.39, 0.29) is 5.91 Å². The van der Waals surface area contributed by atoms with Gasteiger partial charge in [0.25, 0.3) is 5.91 Å². The van der Waals surface area contributed by atoms with Crippen LogP contribution >= 0.6 is 0 Å². The standard InChI is InChI=1S/C13H20N4O/c1-14-6-5-12-4-2-3-7-17(12)13(18)11-8-15-10-16-9-11/h8-10,12,14H,2-7H2,1H3. The summed E-state index contributed by atoms with van der Waals surface area (Å²) in [6, 6.07) is 0.346. The Kier molecular flexibility index (Phi) is 4.64. The van der Waals surface area contributed by atoms with Gasteiger partial charge in [-0.1, -0.05) is 0 Å². The molecule has 2 rings (SSSR count). The largest absolute Gasteiger partial charge is 0.336 e. The van der Waals surface area contributed by atoms with Crippen molar-refractivity contribution in [3.05, 3.63) is 24.3 Å². The Morgan fingerprint density at radius 1 is 1.44 bits per heavy atom. The van der Waals surface area contributed by atoms with Crippen LogP contribution in [-0.4, -0.2) is 47.0 Å². The summed E-state index contributed by atoms with van der Waals surface area (Å²) >= 11 is 0. The van der Waals surface area contributed by atoms with Gasteiger partial charge in [-0.15, -0.1) is 0 Å². The summed E-state index contributed by atoms with van der Waals surface area (Å²) in [6.07, 6.45) is 9.06. The summed E-state index contributed by atoms with van der Waals surface area (Å²) in [6.45, 7) is 1.79. The third kappa shape index (κ3) is 3.04. The number of rotatable bonds is 4. The lowest BCUT2D eigenvalue weighted by Crippen LogP contribution is -2.44. The van der Waals surface area contributed by atoms with Crippen LogP contribution in [0, 0.1) is 0 Å². The molecule has 1 atom stereocenters. The molecule has 1 aromatic heterocycles. The maximum atomic E-state index is 12.4. The van der Waals surface area contributed by atoms with Crippen molar-refractivity contribution < 1.29 is 4.79 Å². The Bertz CT molecular complexity index is 382. The Morgan fingerprint density at radius 2 is 2.22 bits per heavy atom. The van der Waals surface area contributed by atoms with Gasteiger partial charge in [0.15, 0.2) is 0 Å². The highest BCUT2D eigenvalue weighted by Gasteiger charge is 2.27. The first kappa shape index (κ1) is 13.0. The van der Waals surface area contributed by atoms with E-state index < -0.39 is 0 Å². The van der Waals surface area contributed by atoms with Gasteiger partial charge >= 0.3 is 0 Å². The van der Waals surface area contributed by atoms with Crippen LogP contribution in [0.4, 0.5) is 0 Å². The number of aromatic nitrogens is 2. The number of carbonyl (C=O) groups is 1. The van der Waals surface area contributed by atoms with Gasteiger partial charge in [0, 0.05) is 25.0 Å². The first-order valence-electron chi connectivity index (χ1n) is 6.53. The van der Waals surface area contributed by atoms with Crippen LogP contribution in [0.15, 0.2) is 18.7 Å². The lowest BCUT2D eigenvalue weighted by molar-refractivity contribution is 0.0601. The third-order valence-corrected chi connectivity index (χ3v) is 3.42. The molecule has 1 saturated heterocycles. The average Bonchev–Trinajstić information content (AvgIpc) is 2.45. The SMILES string of the molecule is CNCCC1CCCCN1C(=O)c1cncnc1. The van der Waals surface area contributed by atoms with Crippen molar-refractivity contribution in [3.8, 4) is 0 Å². The van der Waals surface area contributed by atoms with E-state index >= 15 is 0 Å². The van der Waals surface area contributed by atoms with Crippen molar-refractivity contribution in [3.63, 3.8) is 0 Å². The number of hydrogen-bond acceptors (Lipinski definition) is 4. The second-order valence-corrected chi connectivity index (χ2v) is 4.67. The predicted molar refractivity (Wildman–Crippen MR) is 69.3 cm³/mol. The molecule has 1 amide bonds. The fourth-order valence-electron chi connectivity index (χ4n) is 2.45. The highest BCUT2D eigenvalue weighted by Crippen LogP contribution is 2.21. The molecule has 1 unspecified atom stereocenters. The van der Waals surface area contributed by atoms with Gasteiger partial charge in [0.1, 0.15) is 6.33 Å². The van der Waals surface area contributed by atoms with Gasteiger partial charge in [-0.3, -0.25) is 4.79 Å². The van der Waals surface area contributed by atoms with Crippen LogP contribution < -0.4 is 5.32 Å². The molecule has 0 radical (unpaired) electrons. The Labute approximate surface area is 108 Å². The molecule has 0 bridgehead atoms. The summed E-state index contributed by atoms with van der Waals surface area (Å²) < 4.78 is 0. The van der Waals surface area contributed by atoms with E-state index in [2.05, 4.69) is 15.3 Å². The molecule has 0 saturated carbocycles. The van der Waals surface area contributed by atoms with Gasteiger partial charge in [-0.25, -0.2) is 9.97 Å². The van der Waals surface area contributed by atoms with Gasteiger partial charge in [0.2, 0.25) is 0 Å². The monoisotopic (exact) mass is 248 g/mol. The molecule has 18 heavy (non-hydrogen) atoms. The van der Waals surface area contributed by atoms with Crippen molar-refractivity contribution in [2.45, 2.75) is 31.7 Å². The summed E-state index contributed by atoms with van der Waals surface area (Å²) in [4.78, 5) is 22.2. The number of nitrogens with zero attached hydrogens (tertiary/aromatic N) is 3. The molecule has 0 aliphatic carbocycles. The lowest BCUT2D eigenvalue weighted by atomic mass is 9.98. The Hall–Kier alpha value is -1.49. The minimum Gasteiger partial charge on any atom is -0.336 e. The molecule has 1 aliphatic heterocycles. The number of nitrogens with one attached hydrogen (secondary N) is 1. The van der Waals surface area contributed by atoms with Gasteiger partial charge in [-0.2, -0.15) is 0 Å². The van der Waals surface area contributed by atoms with Gasteiger partial charge in [0.05, 0.1) is 5.56 Å². The number of carbonyl (C=O) groups excluding carboxylic acids is 1. The molecule has 0 aromatic carbocycles. The number of amides is 1. The Balaban J connectivity index is 2.06. The van der Waals surface area contributed by atoms with E-state index in [1.807, 2.05) is 11.9 Å². The normalized spacial score (nSPS) is 19.8. The number of piperidine rings is 1. The van der Waals surface area contributed by atoms with Gasteiger partial charge in [-0.05, 0) is 39.3 Å². The van der Waals surface area contributed by atoms with Crippen molar-refractivity contribution >= 4 is 5.91 Å². The molecular weight excluding hydrogens is 228 g/mol. The molecule has 98 valence electrons. The van der Waals surface area contributed by atoms with Crippen LogP contribution in [0.1, 0.15) is 36.0 Å². The smallest absolute Gasteiger partial charge is 0.257 e. The lowest BCUT2D eigenvalue weighted by Gasteiger charge is -2.35. The van der Waals surface area contributed by atoms with Crippen LogP contribution in [-0.2, 0) is 0 Å². The van der Waals surface area contributed by atoms with E-state index in [9.17, 15) is 4.79 Å². The summed E-state index contributed by atoms with van der Waals surface area (Å²) in [5.41, 5.74) is 0.592. The van der Waals surface area contributed by atoms with E-state index in [1.165, 1.54) is 12.7 Å². The van der Waals surface area contributed by atoms with E-state index in [0.29, 0.717) is 11.6 Å². The quantitative estimate of drug-likeness (QED) is 0.866. The molecule has 5 nitrogen and oxygen atoms in total. The minimum atomic E-state index is 0.0661. The van der Waals surface area contributed by atoms with Crippen LogP contribution in [0.2, 0.25) is 0 Å². The highest BCUT2D eigenvalue weighted by atomic mass is 16.2. The van der Waals surface area contributed by atoms with E-state index in [1.54, 1.807) is 12.4 Å². The molecule has 0 spiro atoms. The van der Waals surface area contributed by atoms with Crippen molar-refractivity contribution in [1.82, 2.24) is 20.2 Å². The van der Waals surface area contributed by atoms with Crippen molar-refractivity contribution in [1.29, 1.82) is 0 Å². The van der Waals surface area contributed by atoms with Crippen LogP contribution in [0.3, 0.4) is 0 Å². The second kappa shape index (κ2) is 6.44. The van der Waals surface area contributed by atoms with E-state index in [4.69, 9.17) is 0 Å². The maximum absolute atomic E-state index is 12.4. The van der Waals surface area contributed by atoms with E-state index in [0.717, 1.165) is 32.4 Å². The van der Waals surface area contributed by atoms with Gasteiger partial charge < -0.3 is 10.2 Å². The first-order valence-corrected chi connectivity index (χ1v) is 6.53. The zero-order valence-electron chi connectivity index (χ0n) is 10.8. The topological polar surface area (TPSA) is 58.1 Å². The highest BCUT2D eigenvalue weighted by molar-refractivity contribution is 5.93. The molecule has 2 heterocycles. The third-order valence-electron chi connectivity index (χ3n) is 3.42. The summed E-state index contributed by atoms with van der Waals surface area (Å²) in [5.74, 6) is 0.0661. The fourth-order valence-corrected chi connectivity index (χ4v) is 2.45. The fraction of sp³-hybridized carbons (Fsp3) is 0.615. The average molecular weight is 248 g/mol. The summed E-state index contributed by atoms with van der Waals surface area (Å²) in [5, 5.41) is 3.15. The molecular formula is C13H20N4O. The van der Waals surface area contributed by atoms with Crippen LogP contribution in [0.5, 0.6) is 0 Å². The molecule has 5 heteroatoms. The zero-order valence-corrected chi connectivity index (χ0v) is 10.8. The molecule has 1 fully saturated rings.